The maximum Gasteiger partial charge on any atom is 0.330 e. The van der Waals surface area contributed by atoms with Crippen LogP contribution in [-0.2, 0) is 18.0 Å². The monoisotopic (exact) mass is 636 g/mol. The molecule has 238 valence electrons. The van der Waals surface area contributed by atoms with Crippen molar-refractivity contribution in [2.75, 3.05) is 6.61 Å². The van der Waals surface area contributed by atoms with E-state index in [-0.39, 0.29) is 15.1 Å². The second-order valence-corrected chi connectivity index (χ2v) is 30.3. The predicted octanol–water partition coefficient (Wildman–Crippen LogP) is 6.87. The molecular weight excluding hydrogens is 583 g/mol. The summed E-state index contributed by atoms with van der Waals surface area (Å²) in [6.45, 7) is 30.0. The maximum absolute atomic E-state index is 15.6. The maximum atomic E-state index is 15.6. The van der Waals surface area contributed by atoms with E-state index in [0.29, 0.717) is 0 Å². The van der Waals surface area contributed by atoms with Gasteiger partial charge in [-0.1, -0.05) is 62.3 Å². The van der Waals surface area contributed by atoms with Crippen molar-refractivity contribution in [3.8, 4) is 0 Å². The SMILES string of the molecule is CC(C)(C)[Si](C)(C)OC[C@@]1(C(F)F)O[C@@H](n2ccc(=O)[nH]c2=O)C(O[Si](C)(C)C(C)(C)C)C1O[Si](C)(C)C(C)(C)C. The molecule has 41 heavy (non-hydrogen) atoms. The van der Waals surface area contributed by atoms with Crippen LogP contribution in [0.15, 0.2) is 21.9 Å². The lowest BCUT2D eigenvalue weighted by Crippen LogP contribution is -2.61. The van der Waals surface area contributed by atoms with Gasteiger partial charge in [0.15, 0.2) is 36.8 Å². The lowest BCUT2D eigenvalue weighted by atomic mass is 9.96. The fraction of sp³-hybridized carbons (Fsp3) is 0.857. The first-order chi connectivity index (χ1) is 18.1. The van der Waals surface area contributed by atoms with Gasteiger partial charge in [-0.25, -0.2) is 13.6 Å². The van der Waals surface area contributed by atoms with E-state index in [9.17, 15) is 9.59 Å². The van der Waals surface area contributed by atoms with Gasteiger partial charge < -0.3 is 18.0 Å². The molecule has 1 aromatic rings. The van der Waals surface area contributed by atoms with Crippen molar-refractivity contribution in [1.82, 2.24) is 9.55 Å². The Labute approximate surface area is 247 Å². The second-order valence-electron chi connectivity index (χ2n) is 16.0. The number of halogens is 2. The molecule has 0 aromatic carbocycles. The van der Waals surface area contributed by atoms with Crippen LogP contribution >= 0.6 is 0 Å². The number of ether oxygens (including phenoxy) is 1. The van der Waals surface area contributed by atoms with Crippen molar-refractivity contribution >= 4 is 25.0 Å². The van der Waals surface area contributed by atoms with Crippen molar-refractivity contribution in [2.24, 2.45) is 0 Å². The van der Waals surface area contributed by atoms with E-state index in [1.165, 1.54) is 12.3 Å². The summed E-state index contributed by atoms with van der Waals surface area (Å²) < 4.78 is 58.9. The first-order valence-electron chi connectivity index (χ1n) is 14.4. The molecule has 4 atom stereocenters. The van der Waals surface area contributed by atoms with Crippen molar-refractivity contribution in [3.63, 3.8) is 0 Å². The van der Waals surface area contributed by atoms with E-state index < -0.39 is 73.3 Å². The van der Waals surface area contributed by atoms with Gasteiger partial charge in [0.2, 0.25) is 0 Å². The molecule has 2 rings (SSSR count). The molecule has 1 N–H and O–H groups in total. The molecule has 8 nitrogen and oxygen atoms in total. The van der Waals surface area contributed by atoms with Crippen LogP contribution in [0, 0.1) is 0 Å². The standard InChI is InChI=1S/C28H54F2N2O6Si3/c1-25(2,3)39(10,11)35-18-28(23(29)30)21(38-41(14,15)27(7,8)9)20(37-40(12,13)26(4,5)6)22(36-28)32-17-16-19(33)31-24(32)34/h16-17,20-23H,18H2,1-15H3,(H,31,33,34)/t20?,21?,22-,28-/m1/s1. The third-order valence-corrected chi connectivity index (χ3v) is 23.2. The van der Waals surface area contributed by atoms with Crippen molar-refractivity contribution in [1.29, 1.82) is 0 Å². The summed E-state index contributed by atoms with van der Waals surface area (Å²) in [5.74, 6) is 0. The Morgan fingerprint density at radius 1 is 0.878 bits per heavy atom. The highest BCUT2D eigenvalue weighted by atomic mass is 28.4. The Morgan fingerprint density at radius 3 is 1.76 bits per heavy atom. The Balaban J connectivity index is 2.88. The summed E-state index contributed by atoms with van der Waals surface area (Å²) >= 11 is 0. The zero-order valence-electron chi connectivity index (χ0n) is 27.8. The molecule has 1 aliphatic rings. The highest BCUT2D eigenvalue weighted by Gasteiger charge is 2.66. The molecule has 1 saturated heterocycles. The fourth-order valence-electron chi connectivity index (χ4n) is 3.79. The first kappa shape index (κ1) is 36.2. The van der Waals surface area contributed by atoms with Crippen LogP contribution in [0.4, 0.5) is 8.78 Å². The molecule has 0 spiro atoms. The van der Waals surface area contributed by atoms with Gasteiger partial charge in [-0.15, -0.1) is 0 Å². The summed E-state index contributed by atoms with van der Waals surface area (Å²) in [5.41, 5.74) is -3.59. The summed E-state index contributed by atoms with van der Waals surface area (Å²) in [6, 6.07) is 1.17. The number of alkyl halides is 2. The Bertz CT molecular complexity index is 1180. The van der Waals surface area contributed by atoms with Gasteiger partial charge in [-0.3, -0.25) is 14.3 Å². The molecule has 0 radical (unpaired) electrons. The highest BCUT2D eigenvalue weighted by Crippen LogP contribution is 2.51. The Kier molecular flexibility index (Phi) is 10.2. The number of hydrogen-bond donors (Lipinski definition) is 1. The lowest BCUT2D eigenvalue weighted by Gasteiger charge is -2.46. The van der Waals surface area contributed by atoms with Crippen LogP contribution < -0.4 is 11.2 Å². The minimum Gasteiger partial charge on any atom is -0.414 e. The van der Waals surface area contributed by atoms with Crippen LogP contribution in [0.1, 0.15) is 68.5 Å². The van der Waals surface area contributed by atoms with Crippen LogP contribution in [0.25, 0.3) is 0 Å². The van der Waals surface area contributed by atoms with Gasteiger partial charge in [0.05, 0.1) is 6.61 Å². The van der Waals surface area contributed by atoms with E-state index in [1.54, 1.807) is 0 Å². The first-order valence-corrected chi connectivity index (χ1v) is 23.1. The lowest BCUT2D eigenvalue weighted by molar-refractivity contribution is -0.191. The number of nitrogens with zero attached hydrogens (tertiary/aromatic N) is 1. The quantitative estimate of drug-likeness (QED) is 0.298. The van der Waals surface area contributed by atoms with Crippen molar-refractivity contribution in [2.45, 2.75) is 147 Å². The minimum atomic E-state index is -3.02. The number of H-pyrrole nitrogens is 1. The summed E-state index contributed by atoms with van der Waals surface area (Å²) in [4.78, 5) is 27.2. The van der Waals surface area contributed by atoms with Gasteiger partial charge in [0.1, 0.15) is 12.2 Å². The largest absolute Gasteiger partial charge is 0.414 e. The van der Waals surface area contributed by atoms with Gasteiger partial charge in [-0.05, 0) is 54.4 Å². The Hall–Kier alpha value is -0.969. The third kappa shape index (κ3) is 7.40. The van der Waals surface area contributed by atoms with E-state index in [1.807, 2.05) is 80.8 Å². The van der Waals surface area contributed by atoms with Crippen LogP contribution in [-0.4, -0.2) is 65.3 Å². The minimum absolute atomic E-state index is 0.239. The van der Waals surface area contributed by atoms with Gasteiger partial charge >= 0.3 is 5.69 Å². The number of nitrogens with one attached hydrogen (secondary N) is 1. The molecule has 0 amide bonds. The van der Waals surface area contributed by atoms with Gasteiger partial charge in [-0.2, -0.15) is 0 Å². The number of aromatic amines is 1. The average molecular weight is 637 g/mol. The molecule has 2 heterocycles. The molecule has 0 bridgehead atoms. The topological polar surface area (TPSA) is 91.8 Å². The molecular formula is C28H54F2N2O6Si3. The van der Waals surface area contributed by atoms with E-state index in [2.05, 4.69) is 25.8 Å². The molecule has 2 unspecified atom stereocenters. The highest BCUT2D eigenvalue weighted by molar-refractivity contribution is 6.75. The summed E-state index contributed by atoms with van der Waals surface area (Å²) in [6.07, 6.45) is -5.33. The van der Waals surface area contributed by atoms with E-state index in [0.717, 1.165) is 4.57 Å². The molecule has 1 fully saturated rings. The van der Waals surface area contributed by atoms with Crippen molar-refractivity contribution in [3.05, 3.63) is 33.1 Å². The Morgan fingerprint density at radius 2 is 1.34 bits per heavy atom. The fourth-order valence-corrected chi connectivity index (χ4v) is 7.41. The molecule has 0 aliphatic carbocycles. The predicted molar refractivity (Wildman–Crippen MR) is 167 cm³/mol. The van der Waals surface area contributed by atoms with E-state index in [4.69, 9.17) is 18.0 Å². The van der Waals surface area contributed by atoms with Crippen LogP contribution in [0.3, 0.4) is 0 Å². The summed E-state index contributed by atoms with van der Waals surface area (Å²) in [5, 5.41) is -0.824. The van der Waals surface area contributed by atoms with Gasteiger partial charge in [0.25, 0.3) is 12.0 Å². The molecule has 1 aliphatic heterocycles. The van der Waals surface area contributed by atoms with Crippen LogP contribution in [0.2, 0.25) is 54.4 Å². The normalized spacial score (nSPS) is 25.3. The summed E-state index contributed by atoms with van der Waals surface area (Å²) in [7, 11) is -7.85. The number of rotatable bonds is 9. The zero-order chi connectivity index (χ0) is 32.2. The van der Waals surface area contributed by atoms with Gasteiger partial charge in [0, 0.05) is 12.3 Å². The van der Waals surface area contributed by atoms with E-state index >= 15 is 8.78 Å². The van der Waals surface area contributed by atoms with Crippen LogP contribution in [0.5, 0.6) is 0 Å². The molecule has 1 aromatic heterocycles. The molecule has 13 heteroatoms. The number of aromatic nitrogens is 2. The second kappa shape index (κ2) is 11.5. The number of hydrogen-bond acceptors (Lipinski definition) is 6. The van der Waals surface area contributed by atoms with Crippen molar-refractivity contribution < 1.29 is 26.8 Å². The average Bonchev–Trinajstić information content (AvgIpc) is 3.03. The smallest absolute Gasteiger partial charge is 0.330 e. The zero-order valence-corrected chi connectivity index (χ0v) is 30.8. The molecule has 0 saturated carbocycles. The third-order valence-electron chi connectivity index (χ3n) is 9.83.